The summed E-state index contributed by atoms with van der Waals surface area (Å²) in [6, 6.07) is 8.07. The molecule has 0 bridgehead atoms. The summed E-state index contributed by atoms with van der Waals surface area (Å²) >= 11 is 0. The van der Waals surface area contributed by atoms with Gasteiger partial charge < -0.3 is 10.1 Å². The first-order chi connectivity index (χ1) is 12.0. The van der Waals surface area contributed by atoms with E-state index in [9.17, 15) is 8.42 Å². The minimum absolute atomic E-state index is 0.338. The molecule has 0 aromatic heterocycles. The molecule has 2 aliphatic rings. The van der Waals surface area contributed by atoms with Gasteiger partial charge in [-0.3, -0.25) is 4.31 Å². The molecular weight excluding hydrogens is 336 g/mol. The van der Waals surface area contributed by atoms with Crippen LogP contribution in [0.4, 0.5) is 0 Å². The first kappa shape index (κ1) is 17.9. The Morgan fingerprint density at radius 1 is 1.12 bits per heavy atom. The molecule has 1 aliphatic carbocycles. The smallest absolute Gasteiger partial charge is 0.232 e. The molecule has 0 atom stereocenters. The predicted molar refractivity (Wildman–Crippen MR) is 101 cm³/mol. The molecule has 0 saturated heterocycles. The van der Waals surface area contributed by atoms with Crippen molar-refractivity contribution in [3.63, 3.8) is 0 Å². The highest BCUT2D eigenvalue weighted by Crippen LogP contribution is 2.29. The Balaban J connectivity index is 1.73. The number of sulfonamides is 1. The van der Waals surface area contributed by atoms with Gasteiger partial charge in [-0.05, 0) is 43.4 Å². The lowest BCUT2D eigenvalue weighted by Gasteiger charge is -2.25. The van der Waals surface area contributed by atoms with Gasteiger partial charge in [0.2, 0.25) is 10.0 Å². The second kappa shape index (κ2) is 7.52. The van der Waals surface area contributed by atoms with Crippen LogP contribution in [0.5, 0.6) is 5.75 Å². The molecule has 5 nitrogen and oxygen atoms in total. The second-order valence-electron chi connectivity index (χ2n) is 6.65. The van der Waals surface area contributed by atoms with E-state index in [0.717, 1.165) is 35.4 Å². The van der Waals surface area contributed by atoms with Crippen LogP contribution in [-0.2, 0) is 10.0 Å². The fraction of sp³-hybridized carbons (Fsp3) is 0.474. The number of likely N-dealkylation sites (N-methyl/N-ethyl adjacent to an activating group) is 1. The van der Waals surface area contributed by atoms with Crippen molar-refractivity contribution < 1.29 is 13.2 Å². The van der Waals surface area contributed by atoms with Gasteiger partial charge in [0.1, 0.15) is 5.75 Å². The summed E-state index contributed by atoms with van der Waals surface area (Å²) in [6.07, 6.45) is 11.2. The molecule has 1 heterocycles. The van der Waals surface area contributed by atoms with E-state index in [1.54, 1.807) is 13.2 Å². The SMILES string of the molecule is CNC1=CN(S(C)(=O)=O)CC=C1c1ccc(OC2CCCCC2)cc1. The Morgan fingerprint density at radius 2 is 1.80 bits per heavy atom. The Hall–Kier alpha value is -1.95. The lowest BCUT2D eigenvalue weighted by Crippen LogP contribution is -2.29. The molecule has 0 amide bonds. The van der Waals surface area contributed by atoms with Gasteiger partial charge in [-0.25, -0.2) is 8.42 Å². The van der Waals surface area contributed by atoms with Crippen LogP contribution in [0, 0.1) is 0 Å². The molecular formula is C19H26N2O3S. The molecule has 25 heavy (non-hydrogen) atoms. The first-order valence-electron chi connectivity index (χ1n) is 8.81. The van der Waals surface area contributed by atoms with Gasteiger partial charge in [0.25, 0.3) is 0 Å². The molecule has 3 rings (SSSR count). The summed E-state index contributed by atoms with van der Waals surface area (Å²) in [6.45, 7) is 0.347. The Kier molecular flexibility index (Phi) is 5.37. The topological polar surface area (TPSA) is 58.6 Å². The first-order valence-corrected chi connectivity index (χ1v) is 10.7. The van der Waals surface area contributed by atoms with Crippen LogP contribution in [0.3, 0.4) is 0 Å². The third-order valence-electron chi connectivity index (χ3n) is 4.75. The summed E-state index contributed by atoms with van der Waals surface area (Å²) in [5.41, 5.74) is 2.84. The van der Waals surface area contributed by atoms with Crippen molar-refractivity contribution in [2.75, 3.05) is 19.8 Å². The molecule has 136 valence electrons. The monoisotopic (exact) mass is 362 g/mol. The van der Waals surface area contributed by atoms with E-state index in [-0.39, 0.29) is 0 Å². The van der Waals surface area contributed by atoms with Crippen molar-refractivity contribution >= 4 is 15.6 Å². The summed E-state index contributed by atoms with van der Waals surface area (Å²) in [7, 11) is -1.45. The maximum atomic E-state index is 11.7. The van der Waals surface area contributed by atoms with Gasteiger partial charge in [0.05, 0.1) is 24.6 Å². The Bertz CT molecular complexity index is 760. The third kappa shape index (κ3) is 4.37. The maximum Gasteiger partial charge on any atom is 0.232 e. The number of nitrogens with one attached hydrogen (secondary N) is 1. The third-order valence-corrected chi connectivity index (χ3v) is 5.86. The summed E-state index contributed by atoms with van der Waals surface area (Å²) < 4.78 is 30.9. The zero-order chi connectivity index (χ0) is 17.9. The fourth-order valence-corrected chi connectivity index (χ4v) is 3.99. The van der Waals surface area contributed by atoms with Crippen LogP contribution in [0.25, 0.3) is 5.57 Å². The Labute approximate surface area is 150 Å². The summed E-state index contributed by atoms with van der Waals surface area (Å²) in [5, 5.41) is 3.09. The average molecular weight is 362 g/mol. The van der Waals surface area contributed by atoms with E-state index in [1.165, 1.54) is 29.8 Å². The van der Waals surface area contributed by atoms with Crippen molar-refractivity contribution in [3.8, 4) is 5.75 Å². The molecule has 0 unspecified atom stereocenters. The van der Waals surface area contributed by atoms with Crippen molar-refractivity contribution in [1.82, 2.24) is 9.62 Å². The normalized spacial score (nSPS) is 19.2. The van der Waals surface area contributed by atoms with Gasteiger partial charge in [0.15, 0.2) is 0 Å². The minimum Gasteiger partial charge on any atom is -0.490 e. The molecule has 0 radical (unpaired) electrons. The van der Waals surface area contributed by atoms with Crippen molar-refractivity contribution in [1.29, 1.82) is 0 Å². The molecule has 1 saturated carbocycles. The lowest BCUT2D eigenvalue weighted by molar-refractivity contribution is 0.155. The highest BCUT2D eigenvalue weighted by atomic mass is 32.2. The summed E-state index contributed by atoms with van der Waals surface area (Å²) in [4.78, 5) is 0. The number of ether oxygens (including phenoxy) is 1. The van der Waals surface area contributed by atoms with E-state index in [1.807, 2.05) is 30.3 Å². The van der Waals surface area contributed by atoms with Gasteiger partial charge in [-0.2, -0.15) is 0 Å². The molecule has 1 aromatic carbocycles. The lowest BCUT2D eigenvalue weighted by atomic mass is 9.97. The second-order valence-corrected chi connectivity index (χ2v) is 8.58. The highest BCUT2D eigenvalue weighted by Gasteiger charge is 2.20. The number of hydrogen-bond donors (Lipinski definition) is 1. The average Bonchev–Trinajstić information content (AvgIpc) is 2.62. The fourth-order valence-electron chi connectivity index (χ4n) is 3.35. The highest BCUT2D eigenvalue weighted by molar-refractivity contribution is 7.88. The largest absolute Gasteiger partial charge is 0.490 e. The molecule has 0 spiro atoms. The molecule has 1 aliphatic heterocycles. The number of rotatable bonds is 5. The zero-order valence-corrected chi connectivity index (χ0v) is 15.7. The molecule has 1 aromatic rings. The van der Waals surface area contributed by atoms with Crippen molar-refractivity contribution in [2.45, 2.75) is 38.2 Å². The van der Waals surface area contributed by atoms with Crippen LogP contribution in [-0.4, -0.2) is 38.7 Å². The van der Waals surface area contributed by atoms with Gasteiger partial charge in [0, 0.05) is 18.8 Å². The van der Waals surface area contributed by atoms with E-state index in [2.05, 4.69) is 5.32 Å². The quantitative estimate of drug-likeness (QED) is 0.874. The van der Waals surface area contributed by atoms with Gasteiger partial charge >= 0.3 is 0 Å². The standard InChI is InChI=1S/C19H26N2O3S/c1-20-19-14-21(25(2,22)23)13-12-18(19)15-8-10-17(11-9-15)24-16-6-4-3-5-7-16/h8-12,14,16,20H,3-7,13H2,1-2H3. The van der Waals surface area contributed by atoms with Crippen molar-refractivity contribution in [3.05, 3.63) is 47.8 Å². The molecule has 1 fully saturated rings. The number of benzene rings is 1. The van der Waals surface area contributed by atoms with Gasteiger partial charge in [-0.1, -0.05) is 24.6 Å². The van der Waals surface area contributed by atoms with E-state index in [0.29, 0.717) is 12.6 Å². The van der Waals surface area contributed by atoms with Crippen LogP contribution in [0.2, 0.25) is 0 Å². The predicted octanol–water partition coefficient (Wildman–Crippen LogP) is 3.12. The van der Waals surface area contributed by atoms with Crippen LogP contribution >= 0.6 is 0 Å². The van der Waals surface area contributed by atoms with E-state index < -0.39 is 10.0 Å². The number of nitrogens with zero attached hydrogens (tertiary/aromatic N) is 1. The molecule has 6 heteroatoms. The van der Waals surface area contributed by atoms with Gasteiger partial charge in [-0.15, -0.1) is 0 Å². The Morgan fingerprint density at radius 3 is 2.40 bits per heavy atom. The zero-order valence-electron chi connectivity index (χ0n) is 14.9. The van der Waals surface area contributed by atoms with Crippen LogP contribution in [0.15, 0.2) is 42.2 Å². The van der Waals surface area contributed by atoms with E-state index in [4.69, 9.17) is 4.74 Å². The summed E-state index contributed by atoms with van der Waals surface area (Å²) in [5.74, 6) is 0.903. The number of allylic oxidation sites excluding steroid dienone is 1. The molecule has 1 N–H and O–H groups in total. The van der Waals surface area contributed by atoms with Crippen LogP contribution in [0.1, 0.15) is 37.7 Å². The van der Waals surface area contributed by atoms with E-state index >= 15 is 0 Å². The van der Waals surface area contributed by atoms with Crippen molar-refractivity contribution in [2.24, 2.45) is 0 Å². The number of hydrogen-bond acceptors (Lipinski definition) is 4. The van der Waals surface area contributed by atoms with Crippen LogP contribution < -0.4 is 10.1 Å². The minimum atomic E-state index is -3.25. The maximum absolute atomic E-state index is 11.7.